The standard InChI is InChI=1S/C15H16FN3O4/c16-12-5-3-10(13(8-12)19(22)23)4-6-14(20)18-7-1-2-11(9-18)15(17)21/h3-6,8,11H,1-2,7,9H2,(H2,17,21)/b6-4-/t11-/m0/s1. The Kier molecular flexibility index (Phi) is 5.05. The summed E-state index contributed by atoms with van der Waals surface area (Å²) in [5, 5.41) is 10.9. The lowest BCUT2D eigenvalue weighted by molar-refractivity contribution is -0.385. The van der Waals surface area contributed by atoms with E-state index in [0.29, 0.717) is 19.4 Å². The van der Waals surface area contributed by atoms with Crippen LogP contribution in [0, 0.1) is 21.8 Å². The molecule has 0 aliphatic carbocycles. The zero-order valence-electron chi connectivity index (χ0n) is 12.3. The Balaban J connectivity index is 2.12. The van der Waals surface area contributed by atoms with E-state index in [2.05, 4.69) is 0 Å². The highest BCUT2D eigenvalue weighted by atomic mass is 19.1. The maximum atomic E-state index is 13.1. The van der Waals surface area contributed by atoms with E-state index in [1.807, 2.05) is 0 Å². The number of carbonyl (C=O) groups is 2. The molecule has 1 saturated heterocycles. The highest BCUT2D eigenvalue weighted by molar-refractivity contribution is 5.93. The first-order valence-corrected chi connectivity index (χ1v) is 7.08. The molecule has 1 atom stereocenters. The number of piperidine rings is 1. The molecule has 23 heavy (non-hydrogen) atoms. The molecule has 0 unspecified atom stereocenters. The molecule has 1 fully saturated rings. The van der Waals surface area contributed by atoms with Crippen molar-refractivity contribution in [2.24, 2.45) is 11.7 Å². The minimum Gasteiger partial charge on any atom is -0.369 e. The lowest BCUT2D eigenvalue weighted by Crippen LogP contribution is -2.43. The summed E-state index contributed by atoms with van der Waals surface area (Å²) in [7, 11) is 0. The molecule has 0 spiro atoms. The Morgan fingerprint density at radius 1 is 1.43 bits per heavy atom. The second-order valence-corrected chi connectivity index (χ2v) is 5.32. The molecule has 2 amide bonds. The predicted octanol–water partition coefficient (Wildman–Crippen LogP) is 1.47. The van der Waals surface area contributed by atoms with E-state index in [9.17, 15) is 24.1 Å². The number of benzene rings is 1. The van der Waals surface area contributed by atoms with Crippen molar-refractivity contribution >= 4 is 23.6 Å². The number of hydrogen-bond donors (Lipinski definition) is 1. The predicted molar refractivity (Wildman–Crippen MR) is 80.6 cm³/mol. The maximum absolute atomic E-state index is 13.1. The van der Waals surface area contributed by atoms with E-state index < -0.39 is 22.3 Å². The molecule has 7 nitrogen and oxygen atoms in total. The molecule has 1 heterocycles. The van der Waals surface area contributed by atoms with Crippen molar-refractivity contribution in [3.63, 3.8) is 0 Å². The Bertz CT molecular complexity index is 675. The van der Waals surface area contributed by atoms with Gasteiger partial charge in [-0.05, 0) is 31.1 Å². The minimum absolute atomic E-state index is 0.133. The largest absolute Gasteiger partial charge is 0.369 e. The lowest BCUT2D eigenvalue weighted by Gasteiger charge is -2.30. The Morgan fingerprint density at radius 3 is 2.83 bits per heavy atom. The molecule has 1 aromatic rings. The fourth-order valence-electron chi connectivity index (χ4n) is 2.49. The number of nitrogens with two attached hydrogens (primary N) is 1. The smallest absolute Gasteiger partial charge is 0.279 e. The highest BCUT2D eigenvalue weighted by Crippen LogP contribution is 2.22. The zero-order valence-corrected chi connectivity index (χ0v) is 12.3. The molecule has 2 rings (SSSR count). The summed E-state index contributed by atoms with van der Waals surface area (Å²) < 4.78 is 13.1. The summed E-state index contributed by atoms with van der Waals surface area (Å²) in [4.78, 5) is 35.0. The van der Waals surface area contributed by atoms with E-state index in [4.69, 9.17) is 5.73 Å². The van der Waals surface area contributed by atoms with E-state index >= 15 is 0 Å². The second-order valence-electron chi connectivity index (χ2n) is 5.32. The maximum Gasteiger partial charge on any atom is 0.279 e. The molecule has 1 aliphatic rings. The number of primary amides is 1. The third-order valence-electron chi connectivity index (χ3n) is 3.73. The van der Waals surface area contributed by atoms with Crippen LogP contribution in [-0.2, 0) is 9.59 Å². The van der Waals surface area contributed by atoms with Gasteiger partial charge < -0.3 is 10.6 Å². The number of halogens is 1. The number of nitro groups is 1. The van der Waals surface area contributed by atoms with Gasteiger partial charge in [0.15, 0.2) is 0 Å². The van der Waals surface area contributed by atoms with Gasteiger partial charge >= 0.3 is 0 Å². The average molecular weight is 321 g/mol. The van der Waals surface area contributed by atoms with E-state index in [-0.39, 0.29) is 23.9 Å². The average Bonchev–Trinajstić information content (AvgIpc) is 2.53. The van der Waals surface area contributed by atoms with Gasteiger partial charge in [-0.25, -0.2) is 4.39 Å². The van der Waals surface area contributed by atoms with Crippen LogP contribution in [-0.4, -0.2) is 34.7 Å². The van der Waals surface area contributed by atoms with Gasteiger partial charge in [0.05, 0.1) is 22.5 Å². The molecule has 0 saturated carbocycles. The lowest BCUT2D eigenvalue weighted by atomic mass is 9.97. The van der Waals surface area contributed by atoms with Gasteiger partial charge in [-0.2, -0.15) is 0 Å². The first-order valence-electron chi connectivity index (χ1n) is 7.08. The molecule has 0 bridgehead atoms. The quantitative estimate of drug-likeness (QED) is 0.515. The molecular formula is C15H16FN3O4. The van der Waals surface area contributed by atoms with Crippen LogP contribution >= 0.6 is 0 Å². The van der Waals surface area contributed by atoms with Crippen molar-refractivity contribution in [1.82, 2.24) is 4.90 Å². The van der Waals surface area contributed by atoms with Crippen molar-refractivity contribution in [2.45, 2.75) is 12.8 Å². The van der Waals surface area contributed by atoms with E-state index in [0.717, 1.165) is 12.1 Å². The molecular weight excluding hydrogens is 305 g/mol. The number of nitrogens with zero attached hydrogens (tertiary/aromatic N) is 2. The van der Waals surface area contributed by atoms with Gasteiger partial charge in [0, 0.05) is 19.2 Å². The van der Waals surface area contributed by atoms with E-state index in [1.165, 1.54) is 23.1 Å². The van der Waals surface area contributed by atoms with Crippen LogP contribution in [0.3, 0.4) is 0 Å². The first kappa shape index (κ1) is 16.6. The van der Waals surface area contributed by atoms with Crippen LogP contribution in [0.5, 0.6) is 0 Å². The fraction of sp³-hybridized carbons (Fsp3) is 0.333. The van der Waals surface area contributed by atoms with Gasteiger partial charge in [-0.1, -0.05) is 0 Å². The number of nitro benzene ring substituents is 1. The van der Waals surface area contributed by atoms with Gasteiger partial charge in [0.2, 0.25) is 11.8 Å². The number of amides is 2. The third kappa shape index (κ3) is 4.12. The van der Waals surface area contributed by atoms with Crippen LogP contribution in [0.4, 0.5) is 10.1 Å². The highest BCUT2D eigenvalue weighted by Gasteiger charge is 2.26. The monoisotopic (exact) mass is 321 g/mol. The van der Waals surface area contributed by atoms with Crippen LogP contribution in [0.25, 0.3) is 6.08 Å². The molecule has 2 N–H and O–H groups in total. The summed E-state index contributed by atoms with van der Waals surface area (Å²) in [6.45, 7) is 0.739. The van der Waals surface area contributed by atoms with Crippen molar-refractivity contribution in [2.75, 3.05) is 13.1 Å². The molecule has 0 aromatic heterocycles. The Labute approximate surface area is 131 Å². The van der Waals surface area contributed by atoms with Gasteiger partial charge in [0.25, 0.3) is 5.69 Å². The first-order chi connectivity index (χ1) is 10.9. The van der Waals surface area contributed by atoms with Gasteiger partial charge in [0.1, 0.15) is 5.82 Å². The van der Waals surface area contributed by atoms with Gasteiger partial charge in [-0.15, -0.1) is 0 Å². The topological polar surface area (TPSA) is 107 Å². The molecule has 0 radical (unpaired) electrons. The third-order valence-corrected chi connectivity index (χ3v) is 3.73. The second kappa shape index (κ2) is 6.99. The van der Waals surface area contributed by atoms with Crippen LogP contribution in [0.1, 0.15) is 18.4 Å². The zero-order chi connectivity index (χ0) is 17.0. The summed E-state index contributed by atoms with van der Waals surface area (Å²) in [6, 6.07) is 3.12. The summed E-state index contributed by atoms with van der Waals surface area (Å²) in [6.07, 6.45) is 3.77. The molecule has 1 aliphatic heterocycles. The fourth-order valence-corrected chi connectivity index (χ4v) is 2.49. The van der Waals surface area contributed by atoms with Crippen molar-refractivity contribution in [1.29, 1.82) is 0 Å². The molecule has 8 heteroatoms. The molecule has 1 aromatic carbocycles. The van der Waals surface area contributed by atoms with Crippen molar-refractivity contribution in [3.05, 3.63) is 45.8 Å². The minimum atomic E-state index is -0.722. The number of carbonyl (C=O) groups excluding carboxylic acids is 2. The van der Waals surface area contributed by atoms with Crippen LogP contribution in [0.15, 0.2) is 24.3 Å². The normalized spacial score (nSPS) is 18.1. The summed E-state index contributed by atoms with van der Waals surface area (Å²) >= 11 is 0. The van der Waals surface area contributed by atoms with Crippen LogP contribution in [0.2, 0.25) is 0 Å². The molecule has 122 valence electrons. The van der Waals surface area contributed by atoms with E-state index in [1.54, 1.807) is 0 Å². The van der Waals surface area contributed by atoms with Gasteiger partial charge in [-0.3, -0.25) is 19.7 Å². The van der Waals surface area contributed by atoms with Crippen LogP contribution < -0.4 is 5.73 Å². The number of rotatable bonds is 4. The SMILES string of the molecule is NC(=O)[C@H]1CCCN(C(=O)/C=C\c2ccc(F)cc2[N+](=O)[O-])C1. The summed E-state index contributed by atoms with van der Waals surface area (Å²) in [5.74, 6) is -1.91. The Morgan fingerprint density at radius 2 is 2.17 bits per heavy atom. The number of hydrogen-bond acceptors (Lipinski definition) is 4. The van der Waals surface area contributed by atoms with Crippen molar-refractivity contribution < 1.29 is 18.9 Å². The van der Waals surface area contributed by atoms with Crippen molar-refractivity contribution in [3.8, 4) is 0 Å². The number of likely N-dealkylation sites (tertiary alicyclic amines) is 1. The Hall–Kier alpha value is -2.77. The summed E-state index contributed by atoms with van der Waals surface area (Å²) in [5.41, 5.74) is 4.97.